The van der Waals surface area contributed by atoms with Gasteiger partial charge in [0.1, 0.15) is 5.82 Å². The number of nitrogens with two attached hydrogens (primary N) is 1. The van der Waals surface area contributed by atoms with Crippen molar-refractivity contribution in [3.8, 4) is 0 Å². The Hall–Kier alpha value is -0.140. The Bertz CT molecular complexity index is 510. The summed E-state index contributed by atoms with van der Waals surface area (Å²) in [5.41, 5.74) is 3.80. The highest BCUT2D eigenvalue weighted by Gasteiger charge is 2.42. The van der Waals surface area contributed by atoms with Gasteiger partial charge in [0.05, 0.1) is 16.1 Å². The van der Waals surface area contributed by atoms with E-state index in [2.05, 4.69) is 21.4 Å². The molecule has 1 aromatic rings. The van der Waals surface area contributed by atoms with Crippen molar-refractivity contribution >= 4 is 27.7 Å². The third kappa shape index (κ3) is 3.15. The largest absolute Gasteiger partial charge is 0.374 e. The lowest BCUT2D eigenvalue weighted by Crippen LogP contribution is -2.45. The summed E-state index contributed by atoms with van der Waals surface area (Å²) in [7, 11) is 0. The fourth-order valence-electron chi connectivity index (χ4n) is 3.45. The molecular formula is C15H20BrFN2OS. The van der Waals surface area contributed by atoms with Gasteiger partial charge in [-0.05, 0) is 58.5 Å². The molecule has 2 saturated heterocycles. The average molecular weight is 375 g/mol. The first-order valence-corrected chi connectivity index (χ1v) is 9.22. The second-order valence-electron chi connectivity index (χ2n) is 5.87. The smallest absolute Gasteiger partial charge is 0.137 e. The molecule has 3 N–H and O–H groups in total. The molecule has 2 heterocycles. The maximum absolute atomic E-state index is 13.8. The van der Waals surface area contributed by atoms with Gasteiger partial charge < -0.3 is 4.74 Å². The minimum Gasteiger partial charge on any atom is -0.374 e. The second-order valence-corrected chi connectivity index (χ2v) is 7.77. The number of nitrogens with one attached hydrogen (secondary N) is 1. The first-order valence-electron chi connectivity index (χ1n) is 7.27. The second kappa shape index (κ2) is 6.54. The molecule has 0 bridgehead atoms. The van der Waals surface area contributed by atoms with Crippen LogP contribution in [0.2, 0.25) is 0 Å². The fourth-order valence-corrected chi connectivity index (χ4v) is 5.34. The molecule has 1 aromatic carbocycles. The van der Waals surface area contributed by atoms with Crippen LogP contribution in [0, 0.1) is 11.7 Å². The third-order valence-corrected chi connectivity index (χ3v) is 6.63. The van der Waals surface area contributed by atoms with E-state index in [-0.39, 0.29) is 17.5 Å². The number of thioether (sulfide) groups is 1. The molecule has 3 atom stereocenters. The van der Waals surface area contributed by atoms with Gasteiger partial charge in [0.15, 0.2) is 0 Å². The van der Waals surface area contributed by atoms with Crippen LogP contribution in [0.3, 0.4) is 0 Å². The first kappa shape index (κ1) is 15.7. The number of rotatable bonds is 3. The normalized spacial score (nSPS) is 30.7. The fraction of sp³-hybridized carbons (Fsp3) is 0.600. The van der Waals surface area contributed by atoms with Crippen LogP contribution in [0.25, 0.3) is 0 Å². The van der Waals surface area contributed by atoms with Crippen molar-refractivity contribution in [1.82, 2.24) is 5.43 Å². The summed E-state index contributed by atoms with van der Waals surface area (Å²) in [6, 6.07) is 5.07. The van der Waals surface area contributed by atoms with E-state index in [0.29, 0.717) is 10.4 Å². The van der Waals surface area contributed by atoms with Crippen LogP contribution in [0.5, 0.6) is 0 Å². The summed E-state index contributed by atoms with van der Waals surface area (Å²) in [6.45, 7) is 0.760. The number of halogens is 2. The van der Waals surface area contributed by atoms with Gasteiger partial charge in [0.2, 0.25) is 0 Å². The molecule has 2 aliphatic rings. The lowest BCUT2D eigenvalue weighted by atomic mass is 9.79. The Morgan fingerprint density at radius 1 is 1.52 bits per heavy atom. The monoisotopic (exact) mass is 374 g/mol. The van der Waals surface area contributed by atoms with Gasteiger partial charge >= 0.3 is 0 Å². The summed E-state index contributed by atoms with van der Waals surface area (Å²) in [5, 5.41) is 0. The van der Waals surface area contributed by atoms with Crippen LogP contribution in [0.15, 0.2) is 22.7 Å². The van der Waals surface area contributed by atoms with E-state index in [1.807, 2.05) is 17.8 Å². The maximum atomic E-state index is 13.8. The van der Waals surface area contributed by atoms with E-state index in [0.717, 1.165) is 42.9 Å². The van der Waals surface area contributed by atoms with Crippen LogP contribution >= 0.6 is 27.7 Å². The van der Waals surface area contributed by atoms with Crippen molar-refractivity contribution < 1.29 is 9.13 Å². The summed E-state index contributed by atoms with van der Waals surface area (Å²) in [4.78, 5) is 0. The van der Waals surface area contributed by atoms with Crippen molar-refractivity contribution in [2.24, 2.45) is 11.8 Å². The van der Waals surface area contributed by atoms with Gasteiger partial charge in [-0.25, -0.2) is 4.39 Å². The lowest BCUT2D eigenvalue weighted by Gasteiger charge is -2.41. The average Bonchev–Trinajstić information content (AvgIpc) is 2.92. The predicted molar refractivity (Wildman–Crippen MR) is 87.5 cm³/mol. The van der Waals surface area contributed by atoms with E-state index in [1.165, 1.54) is 6.07 Å². The number of hydrogen-bond acceptors (Lipinski definition) is 4. The van der Waals surface area contributed by atoms with Crippen molar-refractivity contribution in [3.05, 3.63) is 34.1 Å². The van der Waals surface area contributed by atoms with Gasteiger partial charge in [-0.2, -0.15) is 11.8 Å². The SMILES string of the molecule is NNC(c1cccc(F)c1Br)C1CCOC2(CCSC2)C1. The van der Waals surface area contributed by atoms with Crippen LogP contribution in [0.4, 0.5) is 4.39 Å². The molecule has 1 spiro atoms. The van der Waals surface area contributed by atoms with E-state index in [9.17, 15) is 4.39 Å². The first-order chi connectivity index (χ1) is 10.2. The zero-order valence-corrected chi connectivity index (χ0v) is 14.2. The third-order valence-electron chi connectivity index (χ3n) is 4.57. The Morgan fingerprint density at radius 2 is 2.38 bits per heavy atom. The van der Waals surface area contributed by atoms with Crippen LogP contribution in [-0.4, -0.2) is 23.7 Å². The number of benzene rings is 1. The molecule has 0 aromatic heterocycles. The van der Waals surface area contributed by atoms with Gasteiger partial charge in [-0.15, -0.1) is 0 Å². The number of ether oxygens (including phenoxy) is 1. The minimum absolute atomic E-state index is 0.00246. The number of hydrazine groups is 1. The van der Waals surface area contributed by atoms with Crippen LogP contribution in [0.1, 0.15) is 30.9 Å². The van der Waals surface area contributed by atoms with E-state index >= 15 is 0 Å². The lowest BCUT2D eigenvalue weighted by molar-refractivity contribution is -0.0854. The number of hydrogen-bond donors (Lipinski definition) is 2. The minimum atomic E-state index is -0.244. The Morgan fingerprint density at radius 3 is 3.10 bits per heavy atom. The van der Waals surface area contributed by atoms with Gasteiger partial charge in [-0.1, -0.05) is 12.1 Å². The van der Waals surface area contributed by atoms with Gasteiger partial charge in [0.25, 0.3) is 0 Å². The van der Waals surface area contributed by atoms with Crippen molar-refractivity contribution in [2.45, 2.75) is 30.9 Å². The Labute approximate surface area is 137 Å². The Kier molecular flexibility index (Phi) is 4.90. The quantitative estimate of drug-likeness (QED) is 0.628. The molecule has 2 aliphatic heterocycles. The zero-order valence-electron chi connectivity index (χ0n) is 11.8. The maximum Gasteiger partial charge on any atom is 0.137 e. The summed E-state index contributed by atoms with van der Waals surface area (Å²) in [6.07, 6.45) is 3.04. The van der Waals surface area contributed by atoms with Gasteiger partial charge in [0, 0.05) is 12.4 Å². The molecule has 0 amide bonds. The molecule has 116 valence electrons. The van der Waals surface area contributed by atoms with Crippen molar-refractivity contribution in [2.75, 3.05) is 18.1 Å². The van der Waals surface area contributed by atoms with E-state index < -0.39 is 0 Å². The van der Waals surface area contributed by atoms with E-state index in [1.54, 1.807) is 6.07 Å². The van der Waals surface area contributed by atoms with Crippen LogP contribution < -0.4 is 11.3 Å². The molecule has 0 saturated carbocycles. The molecule has 3 nitrogen and oxygen atoms in total. The molecule has 3 rings (SSSR count). The predicted octanol–water partition coefficient (Wildman–Crippen LogP) is 3.39. The summed E-state index contributed by atoms with van der Waals surface area (Å²) in [5.74, 6) is 8.14. The highest BCUT2D eigenvalue weighted by molar-refractivity contribution is 9.10. The molecule has 2 fully saturated rings. The Balaban J connectivity index is 1.84. The highest BCUT2D eigenvalue weighted by atomic mass is 79.9. The van der Waals surface area contributed by atoms with E-state index in [4.69, 9.17) is 10.6 Å². The topological polar surface area (TPSA) is 47.3 Å². The molecule has 3 unspecified atom stereocenters. The molecule has 0 radical (unpaired) electrons. The molecule has 6 heteroatoms. The van der Waals surface area contributed by atoms with Crippen molar-refractivity contribution in [1.29, 1.82) is 0 Å². The van der Waals surface area contributed by atoms with Crippen LogP contribution in [-0.2, 0) is 4.74 Å². The standard InChI is InChI=1S/C15H20BrFN2OS/c16-13-11(2-1-3-12(13)17)14(19-18)10-4-6-20-15(8-10)5-7-21-9-15/h1-3,10,14,19H,4-9,18H2. The molecule has 21 heavy (non-hydrogen) atoms. The van der Waals surface area contributed by atoms with Gasteiger partial charge in [-0.3, -0.25) is 11.3 Å². The summed E-state index contributed by atoms with van der Waals surface area (Å²) < 4.78 is 20.4. The van der Waals surface area contributed by atoms with Crippen molar-refractivity contribution in [3.63, 3.8) is 0 Å². The highest BCUT2D eigenvalue weighted by Crippen LogP contribution is 2.44. The summed E-state index contributed by atoms with van der Waals surface area (Å²) >= 11 is 5.31. The molecular weight excluding hydrogens is 355 g/mol. The zero-order chi connectivity index (χ0) is 14.9. The molecule has 0 aliphatic carbocycles.